The summed E-state index contributed by atoms with van der Waals surface area (Å²) < 4.78 is 64.7. The number of ether oxygens (including phenoxy) is 3. The Morgan fingerprint density at radius 1 is 1.30 bits per heavy atom. The SMILES string of the molecule is C=Cc1cc2c(N3CCOCC(C)(O)C3)nc(OC[C@@]34CCCN3C[C@H](F)C4)nc2c(F)c1-c1ccc(F)c2sc(NC(=O)OC(C)(C)C)c(C#N)c12. The number of aromatic nitrogens is 2. The number of anilines is 2. The van der Waals surface area contributed by atoms with Gasteiger partial charge in [0.2, 0.25) is 0 Å². The monoisotopic (exact) mass is 750 g/mol. The molecular weight excluding hydrogens is 710 g/mol. The smallest absolute Gasteiger partial charge is 0.412 e. The van der Waals surface area contributed by atoms with Crippen molar-refractivity contribution in [1.82, 2.24) is 14.9 Å². The van der Waals surface area contributed by atoms with Gasteiger partial charge in [0.25, 0.3) is 0 Å². The van der Waals surface area contributed by atoms with E-state index in [2.05, 4.69) is 27.8 Å². The van der Waals surface area contributed by atoms with Gasteiger partial charge in [-0.1, -0.05) is 18.7 Å². The van der Waals surface area contributed by atoms with Crippen molar-refractivity contribution >= 4 is 55.3 Å². The highest BCUT2D eigenvalue weighted by Crippen LogP contribution is 2.46. The Kier molecular flexibility index (Phi) is 9.55. The van der Waals surface area contributed by atoms with Crippen molar-refractivity contribution in [3.05, 3.63) is 47.5 Å². The summed E-state index contributed by atoms with van der Waals surface area (Å²) in [5.74, 6) is -1.18. The largest absolute Gasteiger partial charge is 0.461 e. The summed E-state index contributed by atoms with van der Waals surface area (Å²) in [7, 11) is 0. The molecule has 0 spiro atoms. The average Bonchev–Trinajstić information content (AvgIpc) is 3.70. The summed E-state index contributed by atoms with van der Waals surface area (Å²) in [6.45, 7) is 12.6. The van der Waals surface area contributed by atoms with Crippen LogP contribution in [0.2, 0.25) is 0 Å². The molecule has 0 radical (unpaired) electrons. The standard InChI is InChI=1S/C38H41F3N6O5S/c1-6-21-14-24-30(29(41)27(21)23-8-9-26(40)31-28(23)25(16-42)33(53-31)45-35(48)52-36(2,3)4)43-34(44-32(24)46-12-13-50-19-37(5,49)18-46)51-20-38-10-7-11-47(38)17-22(39)15-38/h6,8-9,14,22,49H,1,7,10-13,15,17-20H2,2-5H3,(H,45,48)/t22-,37?,38+/m1/s1. The summed E-state index contributed by atoms with van der Waals surface area (Å²) in [4.78, 5) is 25.9. The van der Waals surface area contributed by atoms with Crippen LogP contribution in [0.3, 0.4) is 0 Å². The molecule has 0 aliphatic carbocycles. The third-order valence-electron chi connectivity index (χ3n) is 9.91. The van der Waals surface area contributed by atoms with Crippen LogP contribution >= 0.6 is 11.3 Å². The van der Waals surface area contributed by atoms with Crippen LogP contribution in [0.1, 0.15) is 58.1 Å². The number of β-amino-alcohol motifs (C(OH)–C–C–N with tert-alkyl or cyclic N) is 1. The Morgan fingerprint density at radius 3 is 2.83 bits per heavy atom. The van der Waals surface area contributed by atoms with Crippen molar-refractivity contribution in [3.8, 4) is 23.2 Å². The number of carbonyl (C=O) groups is 1. The van der Waals surface area contributed by atoms with Gasteiger partial charge in [0.05, 0.1) is 35.6 Å². The quantitative estimate of drug-likeness (QED) is 0.200. The van der Waals surface area contributed by atoms with Crippen molar-refractivity contribution in [3.63, 3.8) is 0 Å². The first-order valence-electron chi connectivity index (χ1n) is 17.5. The second-order valence-corrected chi connectivity index (χ2v) is 16.3. The van der Waals surface area contributed by atoms with Gasteiger partial charge in [-0.2, -0.15) is 15.2 Å². The normalized spacial score (nSPS) is 23.5. The van der Waals surface area contributed by atoms with Crippen LogP contribution in [0.5, 0.6) is 6.01 Å². The van der Waals surface area contributed by atoms with Crippen molar-refractivity contribution in [1.29, 1.82) is 5.26 Å². The van der Waals surface area contributed by atoms with E-state index in [0.29, 0.717) is 36.3 Å². The second-order valence-electron chi connectivity index (χ2n) is 15.3. The highest BCUT2D eigenvalue weighted by Gasteiger charge is 2.49. The van der Waals surface area contributed by atoms with Crippen LogP contribution in [0, 0.1) is 23.0 Å². The molecule has 5 heterocycles. The number of alkyl halides is 1. The van der Waals surface area contributed by atoms with Gasteiger partial charge in [-0.05, 0) is 70.3 Å². The fourth-order valence-corrected chi connectivity index (χ4v) is 8.82. The number of hydrogen-bond donors (Lipinski definition) is 2. The van der Waals surface area contributed by atoms with Gasteiger partial charge in [0.1, 0.15) is 52.2 Å². The van der Waals surface area contributed by atoms with E-state index in [0.717, 1.165) is 30.7 Å². The Morgan fingerprint density at radius 2 is 2.09 bits per heavy atom. The van der Waals surface area contributed by atoms with Crippen molar-refractivity contribution in [2.75, 3.05) is 56.2 Å². The molecule has 3 aliphatic heterocycles. The highest BCUT2D eigenvalue weighted by molar-refractivity contribution is 7.23. The fraction of sp³-hybridized carbons (Fsp3) is 0.474. The predicted octanol–water partition coefficient (Wildman–Crippen LogP) is 7.19. The molecule has 1 amide bonds. The Balaban J connectivity index is 1.40. The van der Waals surface area contributed by atoms with Gasteiger partial charge >= 0.3 is 12.1 Å². The second kappa shape index (κ2) is 13.7. The molecule has 0 bridgehead atoms. The molecular formula is C38H41F3N6O5S. The molecule has 2 aromatic carbocycles. The number of benzene rings is 2. The molecule has 53 heavy (non-hydrogen) atoms. The first-order valence-corrected chi connectivity index (χ1v) is 18.3. The lowest BCUT2D eigenvalue weighted by Gasteiger charge is -2.31. The maximum Gasteiger partial charge on any atom is 0.412 e. The van der Waals surface area contributed by atoms with E-state index in [1.54, 1.807) is 38.7 Å². The van der Waals surface area contributed by atoms with E-state index >= 15 is 8.78 Å². The highest BCUT2D eigenvalue weighted by atomic mass is 32.1. The number of thiophene rings is 1. The van der Waals surface area contributed by atoms with Crippen LogP contribution < -0.4 is 15.0 Å². The van der Waals surface area contributed by atoms with Crippen LogP contribution in [0.4, 0.5) is 28.8 Å². The van der Waals surface area contributed by atoms with E-state index in [1.807, 2.05) is 0 Å². The Hall–Kier alpha value is -4.49. The van der Waals surface area contributed by atoms with Gasteiger partial charge in [-0.15, -0.1) is 11.3 Å². The molecule has 3 atom stereocenters. The topological polar surface area (TPSA) is 133 Å². The summed E-state index contributed by atoms with van der Waals surface area (Å²) in [5, 5.41) is 24.4. The van der Waals surface area contributed by atoms with Gasteiger partial charge < -0.3 is 24.2 Å². The molecule has 7 rings (SSSR count). The maximum atomic E-state index is 17.4. The van der Waals surface area contributed by atoms with Crippen LogP contribution in [0.15, 0.2) is 24.8 Å². The number of halogens is 3. The number of aliphatic hydroxyl groups is 1. The molecule has 15 heteroatoms. The zero-order valence-corrected chi connectivity index (χ0v) is 30.8. The third-order valence-corrected chi connectivity index (χ3v) is 11.0. The minimum atomic E-state index is -1.25. The number of amides is 1. The molecule has 3 saturated heterocycles. The number of nitrogens with one attached hydrogen (secondary N) is 1. The average molecular weight is 751 g/mol. The lowest BCUT2D eigenvalue weighted by atomic mass is 9.92. The van der Waals surface area contributed by atoms with Crippen molar-refractivity contribution < 1.29 is 37.3 Å². The number of rotatable bonds is 7. The van der Waals surface area contributed by atoms with Crippen molar-refractivity contribution in [2.24, 2.45) is 0 Å². The van der Waals surface area contributed by atoms with Crippen LogP contribution in [-0.2, 0) is 9.47 Å². The first kappa shape index (κ1) is 36.9. The summed E-state index contributed by atoms with van der Waals surface area (Å²) in [6, 6.07) is 6.15. The van der Waals surface area contributed by atoms with Crippen molar-refractivity contribution in [2.45, 2.75) is 69.9 Å². The molecule has 280 valence electrons. The number of carbonyl (C=O) groups excluding carboxylic acids is 1. The molecule has 0 saturated carbocycles. The molecule has 2 N–H and O–H groups in total. The van der Waals surface area contributed by atoms with E-state index in [9.17, 15) is 19.6 Å². The van der Waals surface area contributed by atoms with Gasteiger partial charge in [-0.3, -0.25) is 10.2 Å². The number of nitriles is 1. The molecule has 2 aromatic heterocycles. The number of nitrogens with zero attached hydrogens (tertiary/aromatic N) is 5. The minimum absolute atomic E-state index is 0.00552. The molecule has 11 nitrogen and oxygen atoms in total. The lowest BCUT2D eigenvalue weighted by molar-refractivity contribution is -0.0123. The van der Waals surface area contributed by atoms with E-state index < -0.39 is 40.6 Å². The predicted molar refractivity (Wildman–Crippen MR) is 197 cm³/mol. The molecule has 3 fully saturated rings. The Labute approximate surface area is 309 Å². The molecule has 4 aromatic rings. The van der Waals surface area contributed by atoms with E-state index in [-0.39, 0.29) is 69.7 Å². The fourth-order valence-electron chi connectivity index (χ4n) is 7.75. The summed E-state index contributed by atoms with van der Waals surface area (Å²) in [5.41, 5.74) is -2.33. The van der Waals surface area contributed by atoms with E-state index in [4.69, 9.17) is 19.2 Å². The minimum Gasteiger partial charge on any atom is -0.461 e. The number of fused-ring (bicyclic) bond motifs is 3. The van der Waals surface area contributed by atoms with Crippen LogP contribution in [-0.4, -0.2) is 95.0 Å². The summed E-state index contributed by atoms with van der Waals surface area (Å²) >= 11 is 0.836. The van der Waals surface area contributed by atoms with Crippen LogP contribution in [0.25, 0.3) is 38.2 Å². The Bertz CT molecular complexity index is 2160. The van der Waals surface area contributed by atoms with Gasteiger partial charge in [-0.25, -0.2) is 18.0 Å². The lowest BCUT2D eigenvalue weighted by Crippen LogP contribution is -2.44. The molecule has 3 aliphatic rings. The van der Waals surface area contributed by atoms with Gasteiger partial charge in [0.15, 0.2) is 5.82 Å². The number of hydrogen-bond acceptors (Lipinski definition) is 11. The third kappa shape index (κ3) is 7.01. The first-order chi connectivity index (χ1) is 25.1. The zero-order valence-electron chi connectivity index (χ0n) is 30.0. The van der Waals surface area contributed by atoms with E-state index in [1.165, 1.54) is 18.2 Å². The maximum absolute atomic E-state index is 17.4. The van der Waals surface area contributed by atoms with Gasteiger partial charge in [0, 0.05) is 35.8 Å². The zero-order chi connectivity index (χ0) is 37.9. The molecule has 1 unspecified atom stereocenters. The summed E-state index contributed by atoms with van der Waals surface area (Å²) in [6.07, 6.45) is 1.59.